The molecule has 1 amide bonds. The molecule has 4 rings (SSSR count). The number of ether oxygens (including phenoxy) is 1. The van der Waals surface area contributed by atoms with Crippen molar-refractivity contribution in [2.24, 2.45) is 5.73 Å². The van der Waals surface area contributed by atoms with Crippen molar-refractivity contribution in [3.05, 3.63) is 65.3 Å². The number of nitrogens with zero attached hydrogens (tertiary/aromatic N) is 3. The molecule has 0 unspecified atom stereocenters. The van der Waals surface area contributed by atoms with Gasteiger partial charge in [-0.2, -0.15) is 13.2 Å². The van der Waals surface area contributed by atoms with Gasteiger partial charge in [-0.1, -0.05) is 0 Å². The van der Waals surface area contributed by atoms with Crippen LogP contribution in [0.3, 0.4) is 0 Å². The van der Waals surface area contributed by atoms with Crippen LogP contribution in [-0.2, 0) is 12.7 Å². The van der Waals surface area contributed by atoms with Crippen LogP contribution in [0.15, 0.2) is 47.0 Å². The average molecular weight is 486 g/mol. The minimum absolute atomic E-state index is 0.00446. The molecule has 0 bridgehead atoms. The third-order valence-electron chi connectivity index (χ3n) is 5.14. The van der Waals surface area contributed by atoms with Crippen LogP contribution in [0.1, 0.15) is 40.5 Å². The SMILES string of the molecule is COc1ccc(-c2nc(C(=O)NCc3ccnc(N)c3)c([C@H](C)N)o2)c2ccc(C(F)(F)F)nc12. The van der Waals surface area contributed by atoms with Crippen molar-refractivity contribution >= 4 is 22.6 Å². The summed E-state index contributed by atoms with van der Waals surface area (Å²) in [5.74, 6) is 0.0345. The minimum atomic E-state index is -4.63. The summed E-state index contributed by atoms with van der Waals surface area (Å²) in [7, 11) is 1.33. The van der Waals surface area contributed by atoms with Gasteiger partial charge >= 0.3 is 6.18 Å². The number of nitrogen functional groups attached to an aromatic ring is 1. The fourth-order valence-corrected chi connectivity index (χ4v) is 3.49. The predicted molar refractivity (Wildman–Crippen MR) is 121 cm³/mol. The molecular weight excluding hydrogens is 465 g/mol. The van der Waals surface area contributed by atoms with E-state index >= 15 is 0 Å². The van der Waals surface area contributed by atoms with Crippen LogP contribution in [-0.4, -0.2) is 28.0 Å². The van der Waals surface area contributed by atoms with Gasteiger partial charge in [0.25, 0.3) is 5.91 Å². The molecule has 35 heavy (non-hydrogen) atoms. The van der Waals surface area contributed by atoms with Crippen LogP contribution in [0.5, 0.6) is 5.75 Å². The van der Waals surface area contributed by atoms with E-state index in [2.05, 4.69) is 20.3 Å². The molecule has 182 valence electrons. The topological polar surface area (TPSA) is 142 Å². The number of carbonyl (C=O) groups is 1. The number of hydrogen-bond acceptors (Lipinski definition) is 8. The van der Waals surface area contributed by atoms with E-state index in [9.17, 15) is 18.0 Å². The minimum Gasteiger partial charge on any atom is -0.494 e. The summed E-state index contributed by atoms with van der Waals surface area (Å²) in [4.78, 5) is 24.9. The fourth-order valence-electron chi connectivity index (χ4n) is 3.49. The Morgan fingerprint density at radius 3 is 2.63 bits per heavy atom. The lowest BCUT2D eigenvalue weighted by Gasteiger charge is -2.11. The molecule has 0 saturated heterocycles. The number of alkyl halides is 3. The third kappa shape index (κ3) is 4.87. The number of benzene rings is 1. The smallest absolute Gasteiger partial charge is 0.433 e. The number of amides is 1. The van der Waals surface area contributed by atoms with Gasteiger partial charge in [0.15, 0.2) is 11.5 Å². The highest BCUT2D eigenvalue weighted by atomic mass is 19.4. The molecule has 3 aromatic heterocycles. The molecule has 0 radical (unpaired) electrons. The summed E-state index contributed by atoms with van der Waals surface area (Å²) in [6, 6.07) is 7.76. The summed E-state index contributed by atoms with van der Waals surface area (Å²) >= 11 is 0. The Hall–Kier alpha value is -4.19. The van der Waals surface area contributed by atoms with Crippen LogP contribution >= 0.6 is 0 Å². The first kappa shape index (κ1) is 24.0. The van der Waals surface area contributed by atoms with Crippen molar-refractivity contribution in [2.45, 2.75) is 25.7 Å². The Labute approximate surface area is 197 Å². The lowest BCUT2D eigenvalue weighted by atomic mass is 10.1. The highest BCUT2D eigenvalue weighted by Crippen LogP contribution is 2.37. The van der Waals surface area contributed by atoms with Crippen LogP contribution < -0.4 is 21.5 Å². The van der Waals surface area contributed by atoms with Crippen molar-refractivity contribution in [1.82, 2.24) is 20.3 Å². The van der Waals surface area contributed by atoms with Gasteiger partial charge < -0.3 is 25.9 Å². The number of nitrogens with two attached hydrogens (primary N) is 2. The van der Waals surface area contributed by atoms with E-state index in [1.165, 1.54) is 25.4 Å². The highest BCUT2D eigenvalue weighted by molar-refractivity contribution is 5.98. The molecule has 9 nitrogen and oxygen atoms in total. The maximum absolute atomic E-state index is 13.2. The molecule has 1 aromatic carbocycles. The molecular formula is C23H21F3N6O3. The van der Waals surface area contributed by atoms with Gasteiger partial charge in [-0.15, -0.1) is 0 Å². The van der Waals surface area contributed by atoms with Crippen LogP contribution in [0.25, 0.3) is 22.4 Å². The number of methoxy groups -OCH3 is 1. The second-order valence-corrected chi connectivity index (χ2v) is 7.70. The molecule has 0 spiro atoms. The van der Waals surface area contributed by atoms with E-state index in [0.717, 1.165) is 11.6 Å². The Kier molecular flexibility index (Phi) is 6.31. The molecule has 0 saturated carbocycles. The summed E-state index contributed by atoms with van der Waals surface area (Å²) in [6.45, 7) is 1.77. The summed E-state index contributed by atoms with van der Waals surface area (Å²) < 4.78 is 50.7. The number of rotatable bonds is 6. The number of hydrogen-bond donors (Lipinski definition) is 3. The number of pyridine rings is 2. The molecule has 5 N–H and O–H groups in total. The molecule has 0 fully saturated rings. The largest absolute Gasteiger partial charge is 0.494 e. The number of halogens is 3. The predicted octanol–water partition coefficient (Wildman–Crippen LogP) is 3.84. The maximum atomic E-state index is 13.2. The lowest BCUT2D eigenvalue weighted by Crippen LogP contribution is -2.25. The Morgan fingerprint density at radius 1 is 1.20 bits per heavy atom. The van der Waals surface area contributed by atoms with E-state index < -0.39 is 23.8 Å². The number of aromatic nitrogens is 3. The van der Waals surface area contributed by atoms with Gasteiger partial charge in [-0.3, -0.25) is 4.79 Å². The summed E-state index contributed by atoms with van der Waals surface area (Å²) in [6.07, 6.45) is -3.11. The van der Waals surface area contributed by atoms with Gasteiger partial charge in [0.2, 0.25) is 5.89 Å². The first-order valence-electron chi connectivity index (χ1n) is 10.4. The van der Waals surface area contributed by atoms with Gasteiger partial charge in [0.05, 0.1) is 13.2 Å². The zero-order valence-corrected chi connectivity index (χ0v) is 18.7. The lowest BCUT2D eigenvalue weighted by molar-refractivity contribution is -0.140. The molecule has 0 aliphatic heterocycles. The van der Waals surface area contributed by atoms with Gasteiger partial charge in [-0.05, 0) is 48.9 Å². The van der Waals surface area contributed by atoms with E-state index in [-0.39, 0.29) is 35.2 Å². The van der Waals surface area contributed by atoms with Crippen LogP contribution in [0.2, 0.25) is 0 Å². The Balaban J connectivity index is 1.74. The fraction of sp³-hybridized carbons (Fsp3) is 0.217. The van der Waals surface area contributed by atoms with Crippen molar-refractivity contribution in [2.75, 3.05) is 12.8 Å². The average Bonchev–Trinajstić information content (AvgIpc) is 3.27. The molecule has 0 aliphatic rings. The first-order chi connectivity index (χ1) is 16.6. The molecule has 3 heterocycles. The number of nitrogens with one attached hydrogen (secondary N) is 1. The maximum Gasteiger partial charge on any atom is 0.433 e. The van der Waals surface area contributed by atoms with Gasteiger partial charge in [-0.25, -0.2) is 15.0 Å². The summed E-state index contributed by atoms with van der Waals surface area (Å²) in [5.41, 5.74) is 11.6. The van der Waals surface area contributed by atoms with Crippen molar-refractivity contribution < 1.29 is 27.1 Å². The van der Waals surface area contributed by atoms with Crippen molar-refractivity contribution in [1.29, 1.82) is 0 Å². The molecule has 0 aliphatic carbocycles. The van der Waals surface area contributed by atoms with Crippen LogP contribution in [0.4, 0.5) is 19.0 Å². The standard InChI is InChI=1S/C23H21F3N6O3/c1-11(27)20-19(21(33)30-10-12-7-8-29-17(28)9-12)32-22(35-20)14-3-5-15(34-2)18-13(14)4-6-16(31-18)23(24,25)26/h3-9,11H,10,27H2,1-2H3,(H2,28,29)(H,30,33)/t11-/m0/s1. The Morgan fingerprint density at radius 2 is 1.97 bits per heavy atom. The van der Waals surface area contributed by atoms with Gasteiger partial charge in [0, 0.05) is 23.7 Å². The second kappa shape index (κ2) is 9.22. The first-order valence-corrected chi connectivity index (χ1v) is 10.4. The molecule has 12 heteroatoms. The number of oxazole rings is 1. The number of carbonyl (C=O) groups excluding carboxylic acids is 1. The zero-order chi connectivity index (χ0) is 25.3. The van der Waals surface area contributed by atoms with Crippen molar-refractivity contribution in [3.8, 4) is 17.2 Å². The molecule has 1 atom stereocenters. The summed E-state index contributed by atoms with van der Waals surface area (Å²) in [5, 5.41) is 3.02. The normalized spacial score (nSPS) is 12.5. The van der Waals surface area contributed by atoms with Gasteiger partial charge in [0.1, 0.15) is 22.8 Å². The monoisotopic (exact) mass is 486 g/mol. The third-order valence-corrected chi connectivity index (χ3v) is 5.14. The van der Waals surface area contributed by atoms with E-state index in [0.29, 0.717) is 16.8 Å². The zero-order valence-electron chi connectivity index (χ0n) is 18.7. The second-order valence-electron chi connectivity index (χ2n) is 7.70. The van der Waals surface area contributed by atoms with E-state index in [4.69, 9.17) is 20.6 Å². The highest BCUT2D eigenvalue weighted by Gasteiger charge is 2.33. The van der Waals surface area contributed by atoms with E-state index in [1.807, 2.05) is 0 Å². The van der Waals surface area contributed by atoms with Crippen LogP contribution in [0, 0.1) is 0 Å². The number of fused-ring (bicyclic) bond motifs is 1. The number of anilines is 1. The van der Waals surface area contributed by atoms with E-state index in [1.54, 1.807) is 25.1 Å². The Bertz CT molecular complexity index is 1400. The molecule has 4 aromatic rings. The van der Waals surface area contributed by atoms with Crippen molar-refractivity contribution in [3.63, 3.8) is 0 Å². The quantitative estimate of drug-likeness (QED) is 0.373.